The second kappa shape index (κ2) is 12.2. The molecule has 9 heteroatoms. The number of halogens is 1. The highest BCUT2D eigenvalue weighted by atomic mass is 127. The van der Waals surface area contributed by atoms with Crippen LogP contribution in [-0.2, 0) is 33.4 Å². The molecule has 0 saturated carbocycles. The van der Waals surface area contributed by atoms with Gasteiger partial charge in [0.1, 0.15) is 6.61 Å². The van der Waals surface area contributed by atoms with Gasteiger partial charge in [-0.15, -0.1) is 0 Å². The molecule has 0 radical (unpaired) electrons. The maximum Gasteiger partial charge on any atom is 0.349 e. The number of carboxylic acids is 1. The minimum Gasteiger partial charge on any atom is -0.478 e. The number of carbonyl (C=O) groups is 4. The van der Waals surface area contributed by atoms with Gasteiger partial charge in [0.2, 0.25) is 6.10 Å². The van der Waals surface area contributed by atoms with Crippen molar-refractivity contribution in [3.63, 3.8) is 0 Å². The number of esters is 3. The van der Waals surface area contributed by atoms with E-state index in [9.17, 15) is 19.2 Å². The molecular formula is C16H19IO8. The predicted molar refractivity (Wildman–Crippen MR) is 94.5 cm³/mol. The summed E-state index contributed by atoms with van der Waals surface area (Å²) >= 11 is 2.28. The van der Waals surface area contributed by atoms with Gasteiger partial charge in [0.05, 0.1) is 0 Å². The zero-order valence-electron chi connectivity index (χ0n) is 13.9. The predicted octanol–water partition coefficient (Wildman–Crippen LogP) is 1.79. The van der Waals surface area contributed by atoms with Crippen molar-refractivity contribution in [2.75, 3.05) is 6.61 Å². The van der Waals surface area contributed by atoms with Crippen molar-refractivity contribution in [3.05, 3.63) is 33.9 Å². The van der Waals surface area contributed by atoms with E-state index >= 15 is 0 Å². The van der Waals surface area contributed by atoms with E-state index in [0.29, 0.717) is 0 Å². The van der Waals surface area contributed by atoms with Crippen LogP contribution in [0.1, 0.15) is 20.8 Å². The van der Waals surface area contributed by atoms with Crippen LogP contribution in [0.2, 0.25) is 0 Å². The SMILES string of the molecule is CC(=O)OC[C@H](OC(C)=O)[C@H](OC(C)=O)C(=O)O.Ic1ccccc1. The highest BCUT2D eigenvalue weighted by molar-refractivity contribution is 14.1. The van der Waals surface area contributed by atoms with Gasteiger partial charge in [-0.25, -0.2) is 4.79 Å². The first-order chi connectivity index (χ1) is 11.6. The van der Waals surface area contributed by atoms with E-state index in [-0.39, 0.29) is 0 Å². The number of rotatable bonds is 6. The van der Waals surface area contributed by atoms with Gasteiger partial charge in [-0.2, -0.15) is 0 Å². The number of aliphatic carboxylic acids is 1. The highest BCUT2D eigenvalue weighted by Gasteiger charge is 2.34. The lowest BCUT2D eigenvalue weighted by atomic mass is 10.2. The van der Waals surface area contributed by atoms with Gasteiger partial charge in [0.25, 0.3) is 0 Å². The van der Waals surface area contributed by atoms with Crippen molar-refractivity contribution in [2.45, 2.75) is 33.0 Å². The lowest BCUT2D eigenvalue weighted by Crippen LogP contribution is -2.43. The third kappa shape index (κ3) is 11.9. The molecule has 0 saturated heterocycles. The Balaban J connectivity index is 0.000000676. The first-order valence-corrected chi connectivity index (χ1v) is 8.12. The molecule has 0 spiro atoms. The first-order valence-electron chi connectivity index (χ1n) is 7.04. The molecular weight excluding hydrogens is 447 g/mol. The van der Waals surface area contributed by atoms with Crippen LogP contribution in [0, 0.1) is 3.57 Å². The quantitative estimate of drug-likeness (QED) is 0.383. The Bertz CT molecular complexity index is 587. The Kier molecular flexibility index (Phi) is 11.2. The maximum atomic E-state index is 10.9. The number of carbonyl (C=O) groups excluding carboxylic acids is 3. The van der Waals surface area contributed by atoms with E-state index < -0.39 is 42.7 Å². The normalized spacial score (nSPS) is 11.8. The fourth-order valence-electron chi connectivity index (χ4n) is 1.47. The third-order valence-electron chi connectivity index (χ3n) is 2.38. The van der Waals surface area contributed by atoms with Gasteiger partial charge in [-0.3, -0.25) is 14.4 Å². The zero-order valence-corrected chi connectivity index (χ0v) is 16.1. The largest absolute Gasteiger partial charge is 0.478 e. The lowest BCUT2D eigenvalue weighted by molar-refractivity contribution is -0.183. The standard InChI is InChI=1S/C10H14O8.C6H5I/c1-5(11)16-4-8(17-6(2)12)9(10(14)15)18-7(3)13;7-6-4-2-1-3-5-6/h8-9H,4H2,1-3H3,(H,14,15);1-5H/t8-,9-;/m0./s1. The van der Waals surface area contributed by atoms with Crippen molar-refractivity contribution in [2.24, 2.45) is 0 Å². The maximum absolute atomic E-state index is 10.9. The Hall–Kier alpha value is -2.17. The zero-order chi connectivity index (χ0) is 19.4. The highest BCUT2D eigenvalue weighted by Crippen LogP contribution is 2.08. The van der Waals surface area contributed by atoms with Gasteiger partial charge >= 0.3 is 23.9 Å². The molecule has 0 heterocycles. The summed E-state index contributed by atoms with van der Waals surface area (Å²) in [7, 11) is 0. The van der Waals surface area contributed by atoms with Gasteiger partial charge in [0, 0.05) is 24.3 Å². The van der Waals surface area contributed by atoms with Gasteiger partial charge in [0.15, 0.2) is 6.10 Å². The van der Waals surface area contributed by atoms with Crippen LogP contribution in [0.5, 0.6) is 0 Å². The molecule has 1 aromatic rings. The second-order valence-electron chi connectivity index (χ2n) is 4.61. The number of carboxylic acid groups (broad SMARTS) is 1. The molecule has 1 rings (SSSR count). The first kappa shape index (κ1) is 22.8. The van der Waals surface area contributed by atoms with E-state index in [0.717, 1.165) is 20.8 Å². The molecule has 0 amide bonds. The minimum atomic E-state index is -1.73. The van der Waals surface area contributed by atoms with Crippen LogP contribution >= 0.6 is 22.6 Å². The minimum absolute atomic E-state index is 0.515. The fourth-order valence-corrected chi connectivity index (χ4v) is 1.89. The summed E-state index contributed by atoms with van der Waals surface area (Å²) in [5.41, 5.74) is 0. The van der Waals surface area contributed by atoms with Crippen LogP contribution in [0.25, 0.3) is 0 Å². The molecule has 0 bridgehead atoms. The molecule has 8 nitrogen and oxygen atoms in total. The molecule has 0 unspecified atom stereocenters. The van der Waals surface area contributed by atoms with Gasteiger partial charge in [-0.05, 0) is 34.7 Å². The Morgan fingerprint density at radius 1 is 0.960 bits per heavy atom. The molecule has 2 atom stereocenters. The Morgan fingerprint density at radius 3 is 1.80 bits per heavy atom. The summed E-state index contributed by atoms with van der Waals surface area (Å²) in [6, 6.07) is 10.2. The van der Waals surface area contributed by atoms with Crippen LogP contribution in [0.15, 0.2) is 30.3 Å². The molecule has 138 valence electrons. The van der Waals surface area contributed by atoms with Crippen molar-refractivity contribution in [1.82, 2.24) is 0 Å². The average Bonchev–Trinajstić information content (AvgIpc) is 2.49. The van der Waals surface area contributed by atoms with Gasteiger partial charge in [-0.1, -0.05) is 18.2 Å². The van der Waals surface area contributed by atoms with Crippen molar-refractivity contribution in [3.8, 4) is 0 Å². The van der Waals surface area contributed by atoms with Crippen molar-refractivity contribution < 1.29 is 38.5 Å². The van der Waals surface area contributed by atoms with E-state index in [1.165, 1.54) is 3.57 Å². The Morgan fingerprint density at radius 2 is 1.48 bits per heavy atom. The van der Waals surface area contributed by atoms with Crippen LogP contribution in [0.3, 0.4) is 0 Å². The van der Waals surface area contributed by atoms with Crippen LogP contribution < -0.4 is 0 Å². The van der Waals surface area contributed by atoms with E-state index in [4.69, 9.17) is 5.11 Å². The number of benzene rings is 1. The molecule has 25 heavy (non-hydrogen) atoms. The third-order valence-corrected chi connectivity index (χ3v) is 3.09. The monoisotopic (exact) mass is 466 g/mol. The van der Waals surface area contributed by atoms with Crippen LogP contribution in [-0.4, -0.2) is 47.8 Å². The number of ether oxygens (including phenoxy) is 3. The molecule has 1 N–H and O–H groups in total. The van der Waals surface area contributed by atoms with Crippen LogP contribution in [0.4, 0.5) is 0 Å². The van der Waals surface area contributed by atoms with Crippen molar-refractivity contribution in [1.29, 1.82) is 0 Å². The Labute approximate surface area is 158 Å². The molecule has 0 aromatic heterocycles. The summed E-state index contributed by atoms with van der Waals surface area (Å²) in [6.45, 7) is 2.64. The summed E-state index contributed by atoms with van der Waals surface area (Å²) in [5, 5.41) is 8.86. The number of hydrogen-bond donors (Lipinski definition) is 1. The molecule has 0 aliphatic heterocycles. The number of hydrogen-bond acceptors (Lipinski definition) is 7. The van der Waals surface area contributed by atoms with E-state index in [1.807, 2.05) is 18.2 Å². The lowest BCUT2D eigenvalue weighted by Gasteiger charge is -2.22. The van der Waals surface area contributed by atoms with E-state index in [2.05, 4.69) is 48.9 Å². The van der Waals surface area contributed by atoms with Crippen molar-refractivity contribution >= 4 is 46.5 Å². The average molecular weight is 466 g/mol. The smallest absolute Gasteiger partial charge is 0.349 e. The summed E-state index contributed by atoms with van der Waals surface area (Å²) < 4.78 is 15.0. The van der Waals surface area contributed by atoms with Gasteiger partial charge < -0.3 is 19.3 Å². The molecule has 0 aliphatic carbocycles. The summed E-state index contributed by atoms with van der Waals surface area (Å²) in [5.74, 6) is -3.84. The topological polar surface area (TPSA) is 116 Å². The fraction of sp³-hybridized carbons (Fsp3) is 0.375. The molecule has 0 fully saturated rings. The summed E-state index contributed by atoms with van der Waals surface area (Å²) in [6.07, 6.45) is -3.13. The van der Waals surface area contributed by atoms with E-state index in [1.54, 1.807) is 0 Å². The molecule has 0 aliphatic rings. The molecule has 1 aromatic carbocycles. The second-order valence-corrected chi connectivity index (χ2v) is 5.86. The summed E-state index contributed by atoms with van der Waals surface area (Å²) in [4.78, 5) is 43.1.